The van der Waals surface area contributed by atoms with Gasteiger partial charge < -0.3 is 5.32 Å². The van der Waals surface area contributed by atoms with Gasteiger partial charge in [-0.25, -0.2) is 14.4 Å². The quantitative estimate of drug-likeness (QED) is 0.624. The van der Waals surface area contributed by atoms with Crippen LogP contribution in [0.15, 0.2) is 60.8 Å². The molecule has 1 aromatic heterocycles. The second-order valence-electron chi connectivity index (χ2n) is 6.89. The highest BCUT2D eigenvalue weighted by Crippen LogP contribution is 2.22. The summed E-state index contributed by atoms with van der Waals surface area (Å²) in [6.07, 6.45) is 5.72. The fraction of sp³-hybridized carbons (Fsp3) is 0.174. The highest BCUT2D eigenvalue weighted by Gasteiger charge is 2.12. The molecule has 0 fully saturated rings. The molecule has 1 heterocycles. The van der Waals surface area contributed by atoms with Crippen molar-refractivity contribution in [1.29, 1.82) is 0 Å². The summed E-state index contributed by atoms with van der Waals surface area (Å²) >= 11 is 0. The van der Waals surface area contributed by atoms with E-state index in [2.05, 4.69) is 15.3 Å². The number of anilines is 1. The Hall–Kier alpha value is -3.34. The van der Waals surface area contributed by atoms with E-state index in [0.717, 1.165) is 11.1 Å². The molecule has 2 aromatic carbocycles. The summed E-state index contributed by atoms with van der Waals surface area (Å²) in [5, 5.41) is 2.84. The number of aromatic nitrogens is 2. The van der Waals surface area contributed by atoms with Gasteiger partial charge in [0.05, 0.1) is 11.9 Å². The number of nitrogens with zero attached hydrogens (tertiary/aromatic N) is 2. The van der Waals surface area contributed by atoms with Crippen molar-refractivity contribution >= 4 is 23.9 Å². The molecule has 28 heavy (non-hydrogen) atoms. The van der Waals surface area contributed by atoms with E-state index in [0.29, 0.717) is 23.6 Å². The largest absolute Gasteiger partial charge is 0.309 e. The number of rotatable bonds is 6. The first-order valence-corrected chi connectivity index (χ1v) is 9.17. The van der Waals surface area contributed by atoms with Crippen molar-refractivity contribution in [3.63, 3.8) is 0 Å². The van der Waals surface area contributed by atoms with E-state index in [9.17, 15) is 9.18 Å². The molecule has 4 nitrogen and oxygen atoms in total. The Morgan fingerprint density at radius 2 is 1.79 bits per heavy atom. The van der Waals surface area contributed by atoms with E-state index < -0.39 is 0 Å². The van der Waals surface area contributed by atoms with Gasteiger partial charge in [0.15, 0.2) is 5.82 Å². The first kappa shape index (κ1) is 19.4. The lowest BCUT2D eigenvalue weighted by Crippen LogP contribution is -2.16. The predicted octanol–water partition coefficient (Wildman–Crippen LogP) is 5.44. The van der Waals surface area contributed by atoms with Crippen molar-refractivity contribution in [1.82, 2.24) is 9.97 Å². The van der Waals surface area contributed by atoms with Crippen molar-refractivity contribution in [2.24, 2.45) is 5.92 Å². The van der Waals surface area contributed by atoms with E-state index in [1.165, 1.54) is 12.1 Å². The molecule has 0 unspecified atom stereocenters. The van der Waals surface area contributed by atoms with Crippen LogP contribution >= 0.6 is 0 Å². The number of benzene rings is 2. The van der Waals surface area contributed by atoms with Gasteiger partial charge in [0.2, 0.25) is 5.91 Å². The Morgan fingerprint density at radius 1 is 1.07 bits per heavy atom. The summed E-state index contributed by atoms with van der Waals surface area (Å²) in [7, 11) is 0. The number of hydrogen-bond donors (Lipinski definition) is 1. The van der Waals surface area contributed by atoms with Crippen LogP contribution in [0.2, 0.25) is 0 Å². The molecule has 0 aliphatic carbocycles. The van der Waals surface area contributed by atoms with Crippen LogP contribution in [0.3, 0.4) is 0 Å². The predicted molar refractivity (Wildman–Crippen MR) is 111 cm³/mol. The minimum Gasteiger partial charge on any atom is -0.309 e. The number of amides is 1. The van der Waals surface area contributed by atoms with Gasteiger partial charge in [0, 0.05) is 12.0 Å². The van der Waals surface area contributed by atoms with E-state index in [1.807, 2.05) is 56.3 Å². The molecule has 3 aromatic rings. The smallest absolute Gasteiger partial charge is 0.225 e. The lowest BCUT2D eigenvalue weighted by atomic mass is 10.1. The maximum absolute atomic E-state index is 13.2. The molecular weight excluding hydrogens is 353 g/mol. The van der Waals surface area contributed by atoms with Crippen LogP contribution in [0.4, 0.5) is 10.2 Å². The first-order chi connectivity index (χ1) is 13.5. The van der Waals surface area contributed by atoms with Gasteiger partial charge in [-0.1, -0.05) is 50.3 Å². The number of hydrogen-bond acceptors (Lipinski definition) is 3. The summed E-state index contributed by atoms with van der Waals surface area (Å²) in [5.41, 5.74) is 2.91. The molecule has 0 aliphatic heterocycles. The molecule has 142 valence electrons. The zero-order chi connectivity index (χ0) is 19.9. The monoisotopic (exact) mass is 375 g/mol. The summed E-state index contributed by atoms with van der Waals surface area (Å²) in [6.45, 7) is 3.97. The molecule has 1 N–H and O–H groups in total. The molecule has 0 atom stereocenters. The third-order valence-corrected chi connectivity index (χ3v) is 4.02. The van der Waals surface area contributed by atoms with Gasteiger partial charge in [-0.15, -0.1) is 0 Å². The SMILES string of the molecule is CC(C)CC(=O)Nc1ncc(-c2ccc(F)cc2)nc1C=Cc1ccccc1. The van der Waals surface area contributed by atoms with Crippen LogP contribution in [-0.4, -0.2) is 15.9 Å². The zero-order valence-corrected chi connectivity index (χ0v) is 15.9. The molecule has 0 spiro atoms. The van der Waals surface area contributed by atoms with Crippen LogP contribution in [-0.2, 0) is 4.79 Å². The first-order valence-electron chi connectivity index (χ1n) is 9.17. The highest BCUT2D eigenvalue weighted by atomic mass is 19.1. The minimum absolute atomic E-state index is 0.104. The van der Waals surface area contributed by atoms with Gasteiger partial charge in [-0.05, 0) is 41.8 Å². The molecule has 3 rings (SSSR count). The van der Waals surface area contributed by atoms with Crippen molar-refractivity contribution < 1.29 is 9.18 Å². The number of nitrogens with one attached hydrogen (secondary N) is 1. The van der Waals surface area contributed by atoms with E-state index in [1.54, 1.807) is 18.3 Å². The summed E-state index contributed by atoms with van der Waals surface area (Å²) in [4.78, 5) is 21.2. The fourth-order valence-corrected chi connectivity index (χ4v) is 2.67. The number of carbonyl (C=O) groups is 1. The second kappa shape index (κ2) is 9.04. The zero-order valence-electron chi connectivity index (χ0n) is 15.9. The molecule has 0 bridgehead atoms. The van der Waals surface area contributed by atoms with Gasteiger partial charge in [0.1, 0.15) is 11.5 Å². The van der Waals surface area contributed by atoms with Crippen molar-refractivity contribution in [2.45, 2.75) is 20.3 Å². The van der Waals surface area contributed by atoms with Crippen LogP contribution in [0.5, 0.6) is 0 Å². The lowest BCUT2D eigenvalue weighted by Gasteiger charge is -2.10. The Morgan fingerprint density at radius 3 is 2.46 bits per heavy atom. The molecule has 0 saturated carbocycles. The molecule has 5 heteroatoms. The van der Waals surface area contributed by atoms with Crippen LogP contribution in [0.1, 0.15) is 31.5 Å². The normalized spacial score (nSPS) is 11.1. The second-order valence-corrected chi connectivity index (χ2v) is 6.89. The fourth-order valence-electron chi connectivity index (χ4n) is 2.67. The standard InChI is InChI=1S/C23H22FN3O/c1-16(2)14-22(28)27-23-20(13-8-17-6-4-3-5-7-17)26-21(15-25-23)18-9-11-19(24)12-10-18/h3-13,15-16H,14H2,1-2H3,(H,25,27,28). The third kappa shape index (κ3) is 5.33. The van der Waals surface area contributed by atoms with Gasteiger partial charge in [-0.2, -0.15) is 0 Å². The number of carbonyl (C=O) groups excluding carboxylic acids is 1. The topological polar surface area (TPSA) is 54.9 Å². The van der Waals surface area contributed by atoms with E-state index >= 15 is 0 Å². The molecular formula is C23H22FN3O. The van der Waals surface area contributed by atoms with E-state index in [4.69, 9.17) is 0 Å². The van der Waals surface area contributed by atoms with Crippen LogP contribution in [0, 0.1) is 11.7 Å². The number of halogens is 1. The summed E-state index contributed by atoms with van der Waals surface area (Å²) in [6, 6.07) is 15.9. The Kier molecular flexibility index (Phi) is 6.27. The van der Waals surface area contributed by atoms with Crippen molar-refractivity contribution in [3.05, 3.63) is 77.9 Å². The summed E-state index contributed by atoms with van der Waals surface area (Å²) < 4.78 is 13.2. The average Bonchev–Trinajstić information content (AvgIpc) is 2.68. The minimum atomic E-state index is -0.307. The lowest BCUT2D eigenvalue weighted by molar-refractivity contribution is -0.116. The third-order valence-electron chi connectivity index (χ3n) is 4.02. The van der Waals surface area contributed by atoms with Crippen molar-refractivity contribution in [2.75, 3.05) is 5.32 Å². The maximum Gasteiger partial charge on any atom is 0.225 e. The average molecular weight is 375 g/mol. The molecule has 1 amide bonds. The molecule has 0 aliphatic rings. The molecule has 0 saturated heterocycles. The van der Waals surface area contributed by atoms with Gasteiger partial charge in [-0.3, -0.25) is 4.79 Å². The van der Waals surface area contributed by atoms with Crippen LogP contribution in [0.25, 0.3) is 23.4 Å². The van der Waals surface area contributed by atoms with Gasteiger partial charge >= 0.3 is 0 Å². The molecule has 0 radical (unpaired) electrons. The van der Waals surface area contributed by atoms with Crippen LogP contribution < -0.4 is 5.32 Å². The Bertz CT molecular complexity index is 967. The van der Waals surface area contributed by atoms with Crippen molar-refractivity contribution in [3.8, 4) is 11.3 Å². The van der Waals surface area contributed by atoms with Gasteiger partial charge in [0.25, 0.3) is 0 Å². The van der Waals surface area contributed by atoms with E-state index in [-0.39, 0.29) is 17.6 Å². The Balaban J connectivity index is 1.95. The highest BCUT2D eigenvalue weighted by molar-refractivity contribution is 5.92. The summed E-state index contributed by atoms with van der Waals surface area (Å²) in [5.74, 6) is 0.241. The maximum atomic E-state index is 13.2. The Labute approximate surface area is 164 Å².